The molecule has 2 aromatic carbocycles. The first kappa shape index (κ1) is 20.6. The molecule has 1 aliphatic heterocycles. The van der Waals surface area contributed by atoms with Crippen LogP contribution in [-0.2, 0) is 6.42 Å². The number of nitrogens with zero attached hydrogens (tertiary/aromatic N) is 3. The van der Waals surface area contributed by atoms with Gasteiger partial charge in [-0.1, -0.05) is 36.4 Å². The van der Waals surface area contributed by atoms with E-state index in [4.69, 9.17) is 9.40 Å². The molecule has 4 aromatic rings. The van der Waals surface area contributed by atoms with Crippen LogP contribution in [0.2, 0.25) is 0 Å². The molecule has 0 aliphatic carbocycles. The number of aromatic nitrogens is 2. The summed E-state index contributed by atoms with van der Waals surface area (Å²) >= 11 is 0. The zero-order valence-corrected chi connectivity index (χ0v) is 18.0. The number of hydrogen-bond donors (Lipinski definition) is 0. The molecule has 1 aliphatic rings. The molecule has 0 amide bonds. The monoisotopic (exact) mass is 427 g/mol. The van der Waals surface area contributed by atoms with Gasteiger partial charge in [0.25, 0.3) is 0 Å². The Balaban J connectivity index is 1.34. The molecule has 5 rings (SSSR count). The van der Waals surface area contributed by atoms with Crippen molar-refractivity contribution in [3.63, 3.8) is 0 Å². The van der Waals surface area contributed by atoms with E-state index in [1.807, 2.05) is 18.2 Å². The Bertz CT molecular complexity index is 1130. The number of benzene rings is 2. The Labute approximate surface area is 187 Å². The number of halogens is 1. The highest BCUT2D eigenvalue weighted by molar-refractivity contribution is 5.63. The first-order valence-corrected chi connectivity index (χ1v) is 11.2. The summed E-state index contributed by atoms with van der Waals surface area (Å²) in [4.78, 5) is 11.8. The van der Waals surface area contributed by atoms with Crippen LogP contribution < -0.4 is 0 Å². The Morgan fingerprint density at radius 1 is 0.906 bits per heavy atom. The third-order valence-corrected chi connectivity index (χ3v) is 6.17. The van der Waals surface area contributed by atoms with Crippen molar-refractivity contribution in [3.05, 3.63) is 96.1 Å². The second-order valence-corrected chi connectivity index (χ2v) is 8.31. The summed E-state index contributed by atoms with van der Waals surface area (Å²) in [6.07, 6.45) is 4.89. The molecule has 0 radical (unpaired) electrons. The number of piperidine rings is 1. The number of pyridine rings is 1. The topological polar surface area (TPSA) is 42.2 Å². The number of rotatable bonds is 6. The van der Waals surface area contributed by atoms with E-state index in [1.54, 1.807) is 18.3 Å². The molecule has 162 valence electrons. The molecule has 4 nitrogen and oxygen atoms in total. The second kappa shape index (κ2) is 9.45. The molecule has 0 unspecified atom stereocenters. The standard InChI is InChI=1S/C27H26FN3O/c28-23-11-9-22(10-12-23)27-30-25(24-8-4-5-16-29-24)26(32-27)21-14-18-31(19-15-21)17-13-20-6-2-1-3-7-20/h1-12,16,21H,13-15,17-19H2. The highest BCUT2D eigenvalue weighted by Gasteiger charge is 2.28. The number of oxazole rings is 1. The van der Waals surface area contributed by atoms with Gasteiger partial charge in [0.05, 0.1) is 5.69 Å². The summed E-state index contributed by atoms with van der Waals surface area (Å²) in [5.41, 5.74) is 3.76. The maximum atomic E-state index is 13.4. The first-order chi connectivity index (χ1) is 15.8. The fourth-order valence-corrected chi connectivity index (χ4v) is 4.36. The van der Waals surface area contributed by atoms with Crippen molar-refractivity contribution in [2.24, 2.45) is 0 Å². The van der Waals surface area contributed by atoms with Crippen molar-refractivity contribution in [1.29, 1.82) is 0 Å². The molecule has 5 heteroatoms. The Hall–Kier alpha value is -3.31. The summed E-state index contributed by atoms with van der Waals surface area (Å²) in [5, 5.41) is 0. The second-order valence-electron chi connectivity index (χ2n) is 8.31. The molecule has 2 aromatic heterocycles. The molecule has 0 saturated carbocycles. The average Bonchev–Trinajstić information content (AvgIpc) is 3.30. The Morgan fingerprint density at radius 2 is 1.66 bits per heavy atom. The molecule has 0 atom stereocenters. The van der Waals surface area contributed by atoms with Crippen LogP contribution in [0.5, 0.6) is 0 Å². The Morgan fingerprint density at radius 3 is 2.38 bits per heavy atom. The van der Waals surface area contributed by atoms with Crippen LogP contribution in [0.25, 0.3) is 22.8 Å². The van der Waals surface area contributed by atoms with Crippen LogP contribution in [0.4, 0.5) is 4.39 Å². The lowest BCUT2D eigenvalue weighted by Crippen LogP contribution is -2.34. The zero-order valence-electron chi connectivity index (χ0n) is 18.0. The van der Waals surface area contributed by atoms with E-state index in [0.29, 0.717) is 11.8 Å². The summed E-state index contributed by atoms with van der Waals surface area (Å²) in [6.45, 7) is 3.14. The maximum Gasteiger partial charge on any atom is 0.226 e. The smallest absolute Gasteiger partial charge is 0.226 e. The van der Waals surface area contributed by atoms with E-state index >= 15 is 0 Å². The highest BCUT2D eigenvalue weighted by atomic mass is 19.1. The normalized spacial score (nSPS) is 15.2. The molecule has 1 fully saturated rings. The summed E-state index contributed by atoms with van der Waals surface area (Å²) < 4.78 is 19.7. The van der Waals surface area contributed by atoms with Gasteiger partial charge >= 0.3 is 0 Å². The van der Waals surface area contributed by atoms with Crippen LogP contribution >= 0.6 is 0 Å². The van der Waals surface area contributed by atoms with Crippen LogP contribution in [0.1, 0.15) is 30.1 Å². The van der Waals surface area contributed by atoms with Crippen LogP contribution in [0.15, 0.2) is 83.4 Å². The van der Waals surface area contributed by atoms with Crippen LogP contribution in [-0.4, -0.2) is 34.5 Å². The molecule has 1 saturated heterocycles. The SMILES string of the molecule is Fc1ccc(-c2nc(-c3ccccn3)c(C3CCN(CCc4ccccc4)CC3)o2)cc1. The van der Waals surface area contributed by atoms with Gasteiger partial charge in [0, 0.05) is 24.2 Å². The van der Waals surface area contributed by atoms with Crippen molar-refractivity contribution in [2.75, 3.05) is 19.6 Å². The maximum absolute atomic E-state index is 13.4. The number of likely N-dealkylation sites (tertiary alicyclic amines) is 1. The van der Waals surface area contributed by atoms with E-state index in [0.717, 1.165) is 61.6 Å². The van der Waals surface area contributed by atoms with Crippen molar-refractivity contribution in [3.8, 4) is 22.8 Å². The van der Waals surface area contributed by atoms with Gasteiger partial charge in [-0.3, -0.25) is 4.98 Å². The van der Waals surface area contributed by atoms with Crippen LogP contribution in [0.3, 0.4) is 0 Å². The molecular weight excluding hydrogens is 401 g/mol. The summed E-state index contributed by atoms with van der Waals surface area (Å²) in [6, 6.07) is 22.8. The average molecular weight is 428 g/mol. The van der Waals surface area contributed by atoms with Crippen molar-refractivity contribution in [2.45, 2.75) is 25.2 Å². The van der Waals surface area contributed by atoms with E-state index in [2.05, 4.69) is 40.2 Å². The van der Waals surface area contributed by atoms with Gasteiger partial charge < -0.3 is 9.32 Å². The summed E-state index contributed by atoms with van der Waals surface area (Å²) in [7, 11) is 0. The van der Waals surface area contributed by atoms with Gasteiger partial charge in [-0.2, -0.15) is 0 Å². The van der Waals surface area contributed by atoms with E-state index < -0.39 is 0 Å². The summed E-state index contributed by atoms with van der Waals surface area (Å²) in [5.74, 6) is 1.44. The minimum Gasteiger partial charge on any atom is -0.440 e. The lowest BCUT2D eigenvalue weighted by molar-refractivity contribution is 0.205. The van der Waals surface area contributed by atoms with Crippen molar-refractivity contribution < 1.29 is 8.81 Å². The largest absolute Gasteiger partial charge is 0.440 e. The van der Waals surface area contributed by atoms with E-state index in [9.17, 15) is 4.39 Å². The predicted molar refractivity (Wildman–Crippen MR) is 124 cm³/mol. The van der Waals surface area contributed by atoms with Gasteiger partial charge in [-0.25, -0.2) is 9.37 Å². The quantitative estimate of drug-likeness (QED) is 0.380. The Kier molecular flexibility index (Phi) is 6.08. The minimum absolute atomic E-state index is 0.270. The van der Waals surface area contributed by atoms with Crippen molar-refractivity contribution >= 4 is 0 Å². The van der Waals surface area contributed by atoms with E-state index in [-0.39, 0.29) is 5.82 Å². The first-order valence-electron chi connectivity index (χ1n) is 11.2. The predicted octanol–water partition coefficient (Wildman–Crippen LogP) is 5.96. The molecule has 0 bridgehead atoms. The highest BCUT2D eigenvalue weighted by Crippen LogP contribution is 2.37. The van der Waals surface area contributed by atoms with Gasteiger partial charge in [-0.05, 0) is 74.3 Å². The molecule has 3 heterocycles. The lowest BCUT2D eigenvalue weighted by atomic mass is 9.92. The fraction of sp³-hybridized carbons (Fsp3) is 0.259. The third kappa shape index (κ3) is 4.63. The van der Waals surface area contributed by atoms with Gasteiger partial charge in [0.1, 0.15) is 17.3 Å². The minimum atomic E-state index is -0.270. The van der Waals surface area contributed by atoms with Crippen molar-refractivity contribution in [1.82, 2.24) is 14.9 Å². The number of hydrogen-bond acceptors (Lipinski definition) is 4. The fourth-order valence-electron chi connectivity index (χ4n) is 4.36. The van der Waals surface area contributed by atoms with E-state index in [1.165, 1.54) is 17.7 Å². The molecule has 0 N–H and O–H groups in total. The van der Waals surface area contributed by atoms with Gasteiger partial charge in [0.2, 0.25) is 5.89 Å². The molecule has 0 spiro atoms. The molecular formula is C27H26FN3O. The third-order valence-electron chi connectivity index (χ3n) is 6.17. The lowest BCUT2D eigenvalue weighted by Gasteiger charge is -2.31. The van der Waals surface area contributed by atoms with Gasteiger partial charge in [0.15, 0.2) is 0 Å². The van der Waals surface area contributed by atoms with Crippen LogP contribution in [0, 0.1) is 5.82 Å². The zero-order chi connectivity index (χ0) is 21.8. The molecule has 32 heavy (non-hydrogen) atoms. The van der Waals surface area contributed by atoms with Gasteiger partial charge in [-0.15, -0.1) is 0 Å².